The van der Waals surface area contributed by atoms with Crippen LogP contribution in [0.3, 0.4) is 0 Å². The molecule has 1 aromatic carbocycles. The molecular formula is C18H21N3O3S. The second-order valence-corrected chi connectivity index (χ2v) is 6.94. The number of likely N-dealkylation sites (tertiary alicyclic amines) is 1. The molecule has 7 heteroatoms. The van der Waals surface area contributed by atoms with E-state index in [4.69, 9.17) is 4.74 Å². The number of benzene rings is 1. The van der Waals surface area contributed by atoms with E-state index in [1.54, 1.807) is 24.1 Å². The highest BCUT2D eigenvalue weighted by Gasteiger charge is 2.28. The van der Waals surface area contributed by atoms with Crippen molar-refractivity contribution >= 4 is 28.3 Å². The molecule has 0 atom stereocenters. The van der Waals surface area contributed by atoms with Gasteiger partial charge in [-0.1, -0.05) is 6.07 Å². The van der Waals surface area contributed by atoms with Crippen molar-refractivity contribution < 1.29 is 14.3 Å². The van der Waals surface area contributed by atoms with Crippen molar-refractivity contribution in [3.05, 3.63) is 40.9 Å². The van der Waals surface area contributed by atoms with E-state index in [0.717, 1.165) is 5.69 Å². The Morgan fingerprint density at radius 3 is 2.72 bits per heavy atom. The molecule has 1 aliphatic rings. The Labute approximate surface area is 150 Å². The van der Waals surface area contributed by atoms with Gasteiger partial charge in [-0.2, -0.15) is 0 Å². The highest BCUT2D eigenvalue weighted by Crippen LogP contribution is 2.23. The number of aromatic nitrogens is 1. The second-order valence-electron chi connectivity index (χ2n) is 6.08. The molecule has 1 aliphatic heterocycles. The van der Waals surface area contributed by atoms with E-state index in [1.807, 2.05) is 24.4 Å². The molecular weight excluding hydrogens is 338 g/mol. The summed E-state index contributed by atoms with van der Waals surface area (Å²) in [6.07, 6.45) is 1.32. The van der Waals surface area contributed by atoms with Gasteiger partial charge in [0.2, 0.25) is 5.91 Å². The third-order valence-electron chi connectivity index (χ3n) is 4.32. The van der Waals surface area contributed by atoms with Crippen LogP contribution in [0.2, 0.25) is 0 Å². The van der Waals surface area contributed by atoms with Gasteiger partial charge in [-0.3, -0.25) is 9.59 Å². The third-order valence-corrected chi connectivity index (χ3v) is 5.19. The Morgan fingerprint density at radius 2 is 2.08 bits per heavy atom. The van der Waals surface area contributed by atoms with Gasteiger partial charge in [0.1, 0.15) is 5.75 Å². The Bertz CT molecular complexity index is 766. The van der Waals surface area contributed by atoms with Crippen LogP contribution >= 0.6 is 11.3 Å². The summed E-state index contributed by atoms with van der Waals surface area (Å²) in [5, 5.41) is 5.42. The fourth-order valence-electron chi connectivity index (χ4n) is 2.90. The number of carbonyl (C=O) groups is 2. The number of methoxy groups -OCH3 is 1. The molecule has 1 saturated heterocycles. The number of nitrogens with zero attached hydrogens (tertiary/aromatic N) is 2. The average Bonchev–Trinajstić information content (AvgIpc) is 3.06. The molecule has 25 heavy (non-hydrogen) atoms. The van der Waals surface area contributed by atoms with Crippen molar-refractivity contribution in [2.24, 2.45) is 5.92 Å². The van der Waals surface area contributed by atoms with Crippen LogP contribution < -0.4 is 10.1 Å². The number of hydrogen-bond acceptors (Lipinski definition) is 5. The number of nitrogens with one attached hydrogen (secondary N) is 1. The van der Waals surface area contributed by atoms with Crippen molar-refractivity contribution in [3.8, 4) is 5.75 Å². The molecule has 1 N–H and O–H groups in total. The molecule has 132 valence electrons. The molecule has 0 unspecified atom stereocenters. The lowest BCUT2D eigenvalue weighted by molar-refractivity contribution is -0.121. The highest BCUT2D eigenvalue weighted by molar-refractivity contribution is 7.13. The van der Waals surface area contributed by atoms with E-state index in [9.17, 15) is 9.59 Å². The van der Waals surface area contributed by atoms with Gasteiger partial charge in [0.05, 0.1) is 12.8 Å². The van der Waals surface area contributed by atoms with Crippen LogP contribution in [0.25, 0.3) is 0 Å². The van der Waals surface area contributed by atoms with Crippen LogP contribution in [0, 0.1) is 12.8 Å². The Kier molecular flexibility index (Phi) is 5.33. The SMILES string of the molecule is COc1cccc(C(=O)N2CCC(C(=O)Nc3nc(C)cs3)CC2)c1. The van der Waals surface area contributed by atoms with E-state index in [0.29, 0.717) is 42.4 Å². The number of anilines is 1. The molecule has 1 fully saturated rings. The fraction of sp³-hybridized carbons (Fsp3) is 0.389. The molecule has 3 rings (SSSR count). The first-order valence-corrected chi connectivity index (χ1v) is 9.11. The molecule has 1 aromatic heterocycles. The van der Waals surface area contributed by atoms with E-state index < -0.39 is 0 Å². The molecule has 2 amide bonds. The van der Waals surface area contributed by atoms with Crippen LogP contribution in [0.1, 0.15) is 28.9 Å². The molecule has 6 nitrogen and oxygen atoms in total. The summed E-state index contributed by atoms with van der Waals surface area (Å²) in [6.45, 7) is 3.05. The van der Waals surface area contributed by atoms with Gasteiger partial charge in [-0.05, 0) is 38.0 Å². The second kappa shape index (κ2) is 7.65. The summed E-state index contributed by atoms with van der Waals surface area (Å²) in [5.74, 6) is 0.550. The molecule has 0 radical (unpaired) electrons. The standard InChI is InChI=1S/C18H21N3O3S/c1-12-11-25-18(19-12)20-16(22)13-6-8-21(9-7-13)17(23)14-4-3-5-15(10-14)24-2/h3-5,10-11,13H,6-9H2,1-2H3,(H,19,20,22). The first-order valence-electron chi connectivity index (χ1n) is 8.23. The number of ether oxygens (including phenoxy) is 1. The van der Waals surface area contributed by atoms with Gasteiger partial charge in [0.25, 0.3) is 5.91 Å². The van der Waals surface area contributed by atoms with Gasteiger partial charge >= 0.3 is 0 Å². The number of carbonyl (C=O) groups excluding carboxylic acids is 2. The lowest BCUT2D eigenvalue weighted by Crippen LogP contribution is -2.41. The van der Waals surface area contributed by atoms with Gasteiger partial charge in [0.15, 0.2) is 5.13 Å². The lowest BCUT2D eigenvalue weighted by Gasteiger charge is -2.31. The first kappa shape index (κ1) is 17.4. The predicted octanol–water partition coefficient (Wildman–Crippen LogP) is 2.95. The first-order chi connectivity index (χ1) is 12.1. The number of piperidine rings is 1. The van der Waals surface area contributed by atoms with Gasteiger partial charge in [0, 0.05) is 30.0 Å². The summed E-state index contributed by atoms with van der Waals surface area (Å²) in [5.41, 5.74) is 1.51. The summed E-state index contributed by atoms with van der Waals surface area (Å²) in [7, 11) is 1.58. The van der Waals surface area contributed by atoms with Gasteiger partial charge in [-0.25, -0.2) is 4.98 Å². The molecule has 0 aliphatic carbocycles. The Hall–Kier alpha value is -2.41. The van der Waals surface area contributed by atoms with E-state index in [1.165, 1.54) is 11.3 Å². The average molecular weight is 359 g/mol. The molecule has 0 saturated carbocycles. The number of amides is 2. The number of thiazole rings is 1. The van der Waals surface area contributed by atoms with Crippen molar-refractivity contribution in [1.82, 2.24) is 9.88 Å². The Morgan fingerprint density at radius 1 is 1.32 bits per heavy atom. The summed E-state index contributed by atoms with van der Waals surface area (Å²) < 4.78 is 5.17. The number of rotatable bonds is 4. The molecule has 2 heterocycles. The highest BCUT2D eigenvalue weighted by atomic mass is 32.1. The van der Waals surface area contributed by atoms with E-state index in [2.05, 4.69) is 10.3 Å². The maximum absolute atomic E-state index is 12.6. The zero-order chi connectivity index (χ0) is 17.8. The predicted molar refractivity (Wildman–Crippen MR) is 97.1 cm³/mol. The molecule has 2 aromatic rings. The normalized spacial score (nSPS) is 15.0. The smallest absolute Gasteiger partial charge is 0.253 e. The topological polar surface area (TPSA) is 71.5 Å². The van der Waals surface area contributed by atoms with Crippen LogP contribution in [0.4, 0.5) is 5.13 Å². The van der Waals surface area contributed by atoms with Crippen LogP contribution in [-0.2, 0) is 4.79 Å². The summed E-state index contributed by atoms with van der Waals surface area (Å²) in [6, 6.07) is 7.15. The van der Waals surface area contributed by atoms with Crippen molar-refractivity contribution in [2.75, 3.05) is 25.5 Å². The number of hydrogen-bond donors (Lipinski definition) is 1. The van der Waals surface area contributed by atoms with E-state index >= 15 is 0 Å². The van der Waals surface area contributed by atoms with Gasteiger partial charge < -0.3 is 15.0 Å². The zero-order valence-electron chi connectivity index (χ0n) is 14.3. The Balaban J connectivity index is 1.55. The number of aryl methyl sites for hydroxylation is 1. The van der Waals surface area contributed by atoms with Crippen LogP contribution in [0.5, 0.6) is 5.75 Å². The maximum atomic E-state index is 12.6. The molecule has 0 spiro atoms. The summed E-state index contributed by atoms with van der Waals surface area (Å²) in [4.78, 5) is 31.0. The van der Waals surface area contributed by atoms with Crippen molar-refractivity contribution in [3.63, 3.8) is 0 Å². The van der Waals surface area contributed by atoms with Crippen molar-refractivity contribution in [2.45, 2.75) is 19.8 Å². The molecule has 0 bridgehead atoms. The van der Waals surface area contributed by atoms with Crippen LogP contribution in [-0.4, -0.2) is 41.9 Å². The fourth-order valence-corrected chi connectivity index (χ4v) is 3.59. The van der Waals surface area contributed by atoms with E-state index in [-0.39, 0.29) is 17.7 Å². The zero-order valence-corrected chi connectivity index (χ0v) is 15.1. The summed E-state index contributed by atoms with van der Waals surface area (Å²) >= 11 is 1.43. The quantitative estimate of drug-likeness (QED) is 0.911. The van der Waals surface area contributed by atoms with Gasteiger partial charge in [-0.15, -0.1) is 11.3 Å². The minimum atomic E-state index is -0.0847. The van der Waals surface area contributed by atoms with Crippen molar-refractivity contribution in [1.29, 1.82) is 0 Å². The lowest BCUT2D eigenvalue weighted by atomic mass is 9.95. The largest absolute Gasteiger partial charge is 0.497 e. The third kappa shape index (κ3) is 4.17. The monoisotopic (exact) mass is 359 g/mol. The maximum Gasteiger partial charge on any atom is 0.253 e. The van der Waals surface area contributed by atoms with Crippen LogP contribution in [0.15, 0.2) is 29.6 Å². The minimum Gasteiger partial charge on any atom is -0.497 e. The minimum absolute atomic E-state index is 0.0113.